The second kappa shape index (κ2) is 5.89. The topological polar surface area (TPSA) is 55.7 Å². The minimum atomic E-state index is -0.372. The van der Waals surface area contributed by atoms with Crippen LogP contribution in [0.2, 0.25) is 0 Å². The van der Waals surface area contributed by atoms with E-state index < -0.39 is 0 Å². The number of rotatable bonds is 1. The van der Waals surface area contributed by atoms with Crippen molar-refractivity contribution in [3.05, 3.63) is 51.2 Å². The third-order valence-electron chi connectivity index (χ3n) is 3.90. The first kappa shape index (κ1) is 15.1. The molecule has 1 unspecified atom stereocenters. The second-order valence-electron chi connectivity index (χ2n) is 5.49. The third-order valence-corrected chi connectivity index (χ3v) is 4.92. The van der Waals surface area contributed by atoms with Crippen LogP contribution in [-0.2, 0) is 10.3 Å². The molecule has 4 rings (SSSR count). The first-order valence-corrected chi connectivity index (χ1v) is 8.73. The number of aliphatic imine (C=N–C) groups is 1. The van der Waals surface area contributed by atoms with Crippen LogP contribution < -0.4 is 10.1 Å². The van der Waals surface area contributed by atoms with Gasteiger partial charge in [0.25, 0.3) is 0 Å². The monoisotopic (exact) mass is 437 g/mol. The number of para-hydroxylation sites is 1. The molecule has 0 amide bonds. The van der Waals surface area contributed by atoms with Gasteiger partial charge >= 0.3 is 0 Å². The molecule has 0 aliphatic carbocycles. The highest BCUT2D eigenvalue weighted by molar-refractivity contribution is 9.11. The van der Waals surface area contributed by atoms with Gasteiger partial charge in [-0.25, -0.2) is 9.98 Å². The number of hydrogen-bond acceptors (Lipinski definition) is 4. The van der Waals surface area contributed by atoms with Crippen LogP contribution in [0.4, 0.5) is 5.69 Å². The molecule has 2 aliphatic heterocycles. The normalized spacial score (nSPS) is 24.3. The molecule has 1 saturated heterocycles. The van der Waals surface area contributed by atoms with Gasteiger partial charge in [-0.3, -0.25) is 0 Å². The van der Waals surface area contributed by atoms with Gasteiger partial charge in [0.1, 0.15) is 39.5 Å². The van der Waals surface area contributed by atoms with Crippen LogP contribution in [-0.4, -0.2) is 30.6 Å². The number of halogens is 2. The number of fused-ring (bicyclic) bond motifs is 2. The molecule has 0 radical (unpaired) electrons. The predicted octanol–water partition coefficient (Wildman–Crippen LogP) is 3.54. The van der Waals surface area contributed by atoms with E-state index in [2.05, 4.69) is 53.2 Å². The number of nitrogens with one attached hydrogen (secondary N) is 1. The Balaban J connectivity index is 1.67. The molecule has 1 spiro atoms. The van der Waals surface area contributed by atoms with Gasteiger partial charge in [0.2, 0.25) is 0 Å². The van der Waals surface area contributed by atoms with E-state index in [-0.39, 0.29) is 5.54 Å². The molecule has 5 nitrogen and oxygen atoms in total. The third kappa shape index (κ3) is 2.77. The molecular weight excluding hydrogens is 426 g/mol. The molecule has 2 aliphatic rings. The van der Waals surface area contributed by atoms with Crippen LogP contribution in [0, 0.1) is 0 Å². The van der Waals surface area contributed by atoms with Crippen LogP contribution in [0.5, 0.6) is 5.75 Å². The zero-order valence-electron chi connectivity index (χ0n) is 12.1. The number of pyridine rings is 1. The number of amidine groups is 1. The Kier molecular flexibility index (Phi) is 3.87. The van der Waals surface area contributed by atoms with Gasteiger partial charge in [0, 0.05) is 5.56 Å². The van der Waals surface area contributed by atoms with Crippen molar-refractivity contribution in [3.63, 3.8) is 0 Å². The predicted molar refractivity (Wildman–Crippen MR) is 94.3 cm³/mol. The number of aromatic nitrogens is 1. The molecule has 1 atom stereocenters. The quantitative estimate of drug-likeness (QED) is 0.692. The highest BCUT2D eigenvalue weighted by atomic mass is 79.9. The summed E-state index contributed by atoms with van der Waals surface area (Å²) in [5.41, 5.74) is 1.49. The number of ether oxygens (including phenoxy) is 2. The fraction of sp³-hybridized carbons (Fsp3) is 0.250. The first-order valence-electron chi connectivity index (χ1n) is 7.14. The van der Waals surface area contributed by atoms with E-state index >= 15 is 0 Å². The molecule has 1 aromatic carbocycles. The van der Waals surface area contributed by atoms with E-state index in [9.17, 15) is 0 Å². The summed E-state index contributed by atoms with van der Waals surface area (Å²) in [6.45, 7) is 1.53. The Bertz CT molecular complexity index is 793. The lowest BCUT2D eigenvalue weighted by Gasteiger charge is -2.35. The van der Waals surface area contributed by atoms with Crippen molar-refractivity contribution in [2.45, 2.75) is 5.54 Å². The lowest BCUT2D eigenvalue weighted by molar-refractivity contribution is 0.0632. The van der Waals surface area contributed by atoms with Gasteiger partial charge in [-0.05, 0) is 50.1 Å². The van der Waals surface area contributed by atoms with E-state index in [1.54, 1.807) is 0 Å². The minimum absolute atomic E-state index is 0.372. The molecule has 1 N–H and O–H groups in total. The molecule has 0 saturated carbocycles. The molecule has 2 aromatic rings. The van der Waals surface area contributed by atoms with Gasteiger partial charge in [0.05, 0.1) is 12.3 Å². The average Bonchev–Trinajstić information content (AvgIpc) is 2.89. The summed E-state index contributed by atoms with van der Waals surface area (Å²) in [7, 11) is 0. The summed E-state index contributed by atoms with van der Waals surface area (Å²) < 4.78 is 13.0. The van der Waals surface area contributed by atoms with Crippen molar-refractivity contribution in [1.82, 2.24) is 10.3 Å². The van der Waals surface area contributed by atoms with Crippen LogP contribution in [0.1, 0.15) is 5.56 Å². The summed E-state index contributed by atoms with van der Waals surface area (Å²) >= 11 is 6.78. The highest BCUT2D eigenvalue weighted by Gasteiger charge is 2.43. The van der Waals surface area contributed by atoms with Crippen molar-refractivity contribution in [2.24, 2.45) is 4.99 Å². The lowest BCUT2D eigenvalue weighted by Crippen LogP contribution is -2.55. The van der Waals surface area contributed by atoms with Crippen LogP contribution in [0.25, 0.3) is 0 Å². The average molecular weight is 439 g/mol. The molecule has 1 fully saturated rings. The fourth-order valence-electron chi connectivity index (χ4n) is 2.85. The van der Waals surface area contributed by atoms with Crippen molar-refractivity contribution in [1.29, 1.82) is 0 Å². The number of morpholine rings is 1. The maximum absolute atomic E-state index is 5.80. The van der Waals surface area contributed by atoms with Crippen LogP contribution in [0.15, 0.2) is 50.6 Å². The summed E-state index contributed by atoms with van der Waals surface area (Å²) in [5.74, 6) is 1.66. The van der Waals surface area contributed by atoms with E-state index in [4.69, 9.17) is 9.47 Å². The van der Waals surface area contributed by atoms with Gasteiger partial charge in [-0.1, -0.05) is 18.2 Å². The van der Waals surface area contributed by atoms with Crippen LogP contribution >= 0.6 is 31.9 Å². The maximum atomic E-state index is 5.80. The molecule has 118 valence electrons. The van der Waals surface area contributed by atoms with E-state index in [1.807, 2.05) is 30.3 Å². The standard InChI is InChI=1S/C16H13Br2N3O2/c17-13-6-5-11(15(18)20-13)19-14-7-22-8-16(21-14)9-23-12-4-2-1-3-10(12)16/h1-6H,7-9H2,(H,19,21). The molecule has 3 heterocycles. The smallest absolute Gasteiger partial charge is 0.133 e. The Morgan fingerprint density at radius 3 is 2.87 bits per heavy atom. The zero-order chi connectivity index (χ0) is 15.9. The molecular formula is C16H13Br2N3O2. The zero-order valence-corrected chi connectivity index (χ0v) is 15.2. The largest absolute Gasteiger partial charge is 0.490 e. The molecule has 0 bridgehead atoms. The maximum Gasteiger partial charge on any atom is 0.133 e. The highest BCUT2D eigenvalue weighted by Crippen LogP contribution is 2.38. The first-order chi connectivity index (χ1) is 11.2. The number of hydrogen-bond donors (Lipinski definition) is 1. The van der Waals surface area contributed by atoms with Gasteiger partial charge in [0.15, 0.2) is 0 Å². The van der Waals surface area contributed by atoms with E-state index in [1.165, 1.54) is 0 Å². The van der Waals surface area contributed by atoms with E-state index in [0.29, 0.717) is 24.4 Å². The summed E-state index contributed by atoms with van der Waals surface area (Å²) in [6.07, 6.45) is 0. The molecule has 23 heavy (non-hydrogen) atoms. The Morgan fingerprint density at radius 1 is 1.13 bits per heavy atom. The Labute approximate surface area is 150 Å². The summed E-state index contributed by atoms with van der Waals surface area (Å²) in [6, 6.07) is 11.8. The van der Waals surface area contributed by atoms with E-state index in [0.717, 1.165) is 27.4 Å². The van der Waals surface area contributed by atoms with Crippen molar-refractivity contribution >= 4 is 43.4 Å². The van der Waals surface area contributed by atoms with Gasteiger partial charge in [-0.2, -0.15) is 0 Å². The SMILES string of the molecule is Brc1ccc(/N=C2/COCC3(COc4ccccc43)N2)c(Br)n1. The van der Waals surface area contributed by atoms with Gasteiger partial charge in [-0.15, -0.1) is 0 Å². The van der Waals surface area contributed by atoms with Crippen LogP contribution in [0.3, 0.4) is 0 Å². The lowest BCUT2D eigenvalue weighted by atomic mass is 9.92. The number of nitrogens with zero attached hydrogens (tertiary/aromatic N) is 2. The fourth-order valence-corrected chi connectivity index (χ4v) is 3.81. The summed E-state index contributed by atoms with van der Waals surface area (Å²) in [5, 5.41) is 3.51. The minimum Gasteiger partial charge on any atom is -0.490 e. The Hall–Kier alpha value is -1.44. The second-order valence-corrected chi connectivity index (χ2v) is 7.05. The van der Waals surface area contributed by atoms with Crippen molar-refractivity contribution in [3.8, 4) is 5.75 Å². The van der Waals surface area contributed by atoms with Crippen molar-refractivity contribution < 1.29 is 9.47 Å². The molecule has 1 aromatic heterocycles. The van der Waals surface area contributed by atoms with Crippen molar-refractivity contribution in [2.75, 3.05) is 19.8 Å². The summed E-state index contributed by atoms with van der Waals surface area (Å²) in [4.78, 5) is 8.94. The number of benzene rings is 1. The molecule has 7 heteroatoms. The van der Waals surface area contributed by atoms with Gasteiger partial charge < -0.3 is 14.8 Å². The Morgan fingerprint density at radius 2 is 2.00 bits per heavy atom.